The number of piperidine rings is 1. The minimum Gasteiger partial charge on any atom is -0.444 e. The molecule has 5 nitrogen and oxygen atoms in total. The molecule has 0 spiro atoms. The van der Waals surface area contributed by atoms with Crippen LogP contribution in [-0.4, -0.2) is 53.7 Å². The van der Waals surface area contributed by atoms with Crippen LogP contribution in [0.2, 0.25) is 0 Å². The zero-order valence-electron chi connectivity index (χ0n) is 16.6. The summed E-state index contributed by atoms with van der Waals surface area (Å²) >= 11 is 0. The molecule has 0 bridgehead atoms. The SMILES string of the molecule is C[C@@H]1CN(C(=O)OC(C)(C)C)CCc2ccc(N3CCC(F)(F)CC3)nc21. The van der Waals surface area contributed by atoms with Gasteiger partial charge < -0.3 is 14.5 Å². The van der Waals surface area contributed by atoms with E-state index in [9.17, 15) is 13.6 Å². The highest BCUT2D eigenvalue weighted by atomic mass is 19.3. The zero-order chi connectivity index (χ0) is 19.8. The molecule has 150 valence electrons. The number of nitrogens with zero attached hydrogens (tertiary/aromatic N) is 3. The Bertz CT molecular complexity index is 693. The van der Waals surface area contributed by atoms with Gasteiger partial charge in [0.1, 0.15) is 11.4 Å². The summed E-state index contributed by atoms with van der Waals surface area (Å²) < 4.78 is 32.4. The van der Waals surface area contributed by atoms with Gasteiger partial charge in [-0.05, 0) is 38.8 Å². The average Bonchev–Trinajstić information content (AvgIpc) is 2.72. The van der Waals surface area contributed by atoms with E-state index in [2.05, 4.69) is 0 Å². The van der Waals surface area contributed by atoms with Crippen LogP contribution in [0, 0.1) is 0 Å². The van der Waals surface area contributed by atoms with E-state index < -0.39 is 11.5 Å². The van der Waals surface area contributed by atoms with E-state index in [4.69, 9.17) is 9.72 Å². The van der Waals surface area contributed by atoms with E-state index in [0.717, 1.165) is 17.1 Å². The Balaban J connectivity index is 1.73. The lowest BCUT2D eigenvalue weighted by molar-refractivity contribution is -0.0221. The van der Waals surface area contributed by atoms with E-state index in [0.29, 0.717) is 32.6 Å². The van der Waals surface area contributed by atoms with E-state index in [1.165, 1.54) is 0 Å². The Labute approximate surface area is 159 Å². The first-order valence-electron chi connectivity index (χ1n) is 9.65. The molecule has 7 heteroatoms. The summed E-state index contributed by atoms with van der Waals surface area (Å²) in [5, 5.41) is 0. The number of hydrogen-bond acceptors (Lipinski definition) is 4. The van der Waals surface area contributed by atoms with E-state index >= 15 is 0 Å². The maximum absolute atomic E-state index is 13.4. The molecule has 0 radical (unpaired) electrons. The molecule has 2 aliphatic rings. The molecular formula is C20H29F2N3O2. The fourth-order valence-electron chi connectivity index (χ4n) is 3.63. The number of aromatic nitrogens is 1. The smallest absolute Gasteiger partial charge is 0.410 e. The van der Waals surface area contributed by atoms with Crippen LogP contribution < -0.4 is 4.90 Å². The highest BCUT2D eigenvalue weighted by molar-refractivity contribution is 5.68. The van der Waals surface area contributed by atoms with E-state index in [1.807, 2.05) is 44.7 Å². The number of alkyl halides is 2. The first kappa shape index (κ1) is 19.8. The topological polar surface area (TPSA) is 45.7 Å². The number of ether oxygens (including phenoxy) is 1. The molecule has 2 aliphatic heterocycles. The minimum absolute atomic E-state index is 0.0567. The van der Waals surface area contributed by atoms with E-state index in [1.54, 1.807) is 4.90 Å². The maximum Gasteiger partial charge on any atom is 0.410 e. The standard InChI is InChI=1S/C20H29F2N3O2/c1-14-13-25(18(26)27-19(2,3)4)10-7-15-5-6-16(23-17(14)15)24-11-8-20(21,22)9-12-24/h5-6,14H,7-13H2,1-4H3/t14-/m1/s1. The summed E-state index contributed by atoms with van der Waals surface area (Å²) in [6.07, 6.45) is 0.145. The van der Waals surface area contributed by atoms with Crippen molar-refractivity contribution in [3.8, 4) is 0 Å². The number of carbonyl (C=O) groups is 1. The van der Waals surface area contributed by atoms with Crippen LogP contribution >= 0.6 is 0 Å². The van der Waals surface area contributed by atoms with Crippen LogP contribution in [-0.2, 0) is 11.2 Å². The van der Waals surface area contributed by atoms with Crippen LogP contribution in [0.4, 0.5) is 19.4 Å². The fourth-order valence-corrected chi connectivity index (χ4v) is 3.63. The largest absolute Gasteiger partial charge is 0.444 e. The van der Waals surface area contributed by atoms with Crippen molar-refractivity contribution in [3.63, 3.8) is 0 Å². The van der Waals surface area contributed by atoms with Crippen molar-refractivity contribution in [1.29, 1.82) is 0 Å². The van der Waals surface area contributed by atoms with Gasteiger partial charge in [-0.3, -0.25) is 0 Å². The lowest BCUT2D eigenvalue weighted by atomic mass is 10.0. The molecule has 3 rings (SSSR count). The van der Waals surface area contributed by atoms with Gasteiger partial charge in [0.2, 0.25) is 0 Å². The van der Waals surface area contributed by atoms with Crippen molar-refractivity contribution < 1.29 is 18.3 Å². The van der Waals surface area contributed by atoms with Gasteiger partial charge in [0.05, 0.1) is 5.69 Å². The number of halogens is 2. The zero-order valence-corrected chi connectivity index (χ0v) is 16.6. The van der Waals surface area contributed by atoms with Crippen molar-refractivity contribution in [3.05, 3.63) is 23.4 Å². The number of anilines is 1. The van der Waals surface area contributed by atoms with Gasteiger partial charge in [-0.2, -0.15) is 0 Å². The molecule has 0 aliphatic carbocycles. The Kier molecular flexibility index (Phi) is 5.32. The Morgan fingerprint density at radius 2 is 1.89 bits per heavy atom. The summed E-state index contributed by atoms with van der Waals surface area (Å²) in [6.45, 7) is 9.38. The second-order valence-corrected chi connectivity index (χ2v) is 8.63. The molecule has 3 heterocycles. The van der Waals surface area contributed by atoms with Crippen molar-refractivity contribution in [2.24, 2.45) is 0 Å². The molecule has 1 aromatic rings. The van der Waals surface area contributed by atoms with Gasteiger partial charge in [-0.1, -0.05) is 13.0 Å². The highest BCUT2D eigenvalue weighted by Crippen LogP contribution is 2.32. The van der Waals surface area contributed by atoms with Gasteiger partial charge in [0.15, 0.2) is 0 Å². The monoisotopic (exact) mass is 381 g/mol. The molecule has 1 fully saturated rings. The van der Waals surface area contributed by atoms with Gasteiger partial charge in [0.25, 0.3) is 5.92 Å². The van der Waals surface area contributed by atoms with Crippen LogP contribution in [0.3, 0.4) is 0 Å². The molecular weight excluding hydrogens is 352 g/mol. The molecule has 0 unspecified atom stereocenters. The quantitative estimate of drug-likeness (QED) is 0.731. The van der Waals surface area contributed by atoms with Crippen molar-refractivity contribution in [1.82, 2.24) is 9.88 Å². The number of carbonyl (C=O) groups excluding carboxylic acids is 1. The van der Waals surface area contributed by atoms with Crippen molar-refractivity contribution in [2.45, 2.75) is 64.4 Å². The second-order valence-electron chi connectivity index (χ2n) is 8.63. The number of pyridine rings is 1. The Morgan fingerprint density at radius 1 is 1.22 bits per heavy atom. The fraction of sp³-hybridized carbons (Fsp3) is 0.700. The summed E-state index contributed by atoms with van der Waals surface area (Å²) in [6, 6.07) is 3.94. The van der Waals surface area contributed by atoms with E-state index in [-0.39, 0.29) is 24.9 Å². The van der Waals surface area contributed by atoms with Gasteiger partial charge in [0, 0.05) is 44.9 Å². The van der Waals surface area contributed by atoms with Gasteiger partial charge in [-0.15, -0.1) is 0 Å². The normalized spacial score (nSPS) is 22.8. The predicted molar refractivity (Wildman–Crippen MR) is 101 cm³/mol. The number of amides is 1. The molecule has 0 N–H and O–H groups in total. The number of fused-ring (bicyclic) bond motifs is 1. The van der Waals surface area contributed by atoms with Crippen LogP contribution in [0.1, 0.15) is 57.7 Å². The molecule has 1 atom stereocenters. The Morgan fingerprint density at radius 3 is 2.52 bits per heavy atom. The second kappa shape index (κ2) is 7.24. The van der Waals surface area contributed by atoms with Crippen LogP contribution in [0.15, 0.2) is 12.1 Å². The first-order chi connectivity index (χ1) is 12.5. The lowest BCUT2D eigenvalue weighted by Crippen LogP contribution is -2.40. The summed E-state index contributed by atoms with van der Waals surface area (Å²) in [5.74, 6) is -1.76. The maximum atomic E-state index is 13.4. The van der Waals surface area contributed by atoms with Gasteiger partial charge >= 0.3 is 6.09 Å². The molecule has 0 aromatic carbocycles. The van der Waals surface area contributed by atoms with Gasteiger partial charge in [-0.25, -0.2) is 18.6 Å². The third-order valence-corrected chi connectivity index (χ3v) is 5.08. The average molecular weight is 381 g/mol. The van der Waals surface area contributed by atoms with Crippen molar-refractivity contribution >= 4 is 11.9 Å². The minimum atomic E-state index is -2.57. The summed E-state index contributed by atoms with van der Waals surface area (Å²) in [5.41, 5.74) is 1.54. The van der Waals surface area contributed by atoms with Crippen LogP contribution in [0.5, 0.6) is 0 Å². The Hall–Kier alpha value is -1.92. The molecule has 1 aromatic heterocycles. The third-order valence-electron chi connectivity index (χ3n) is 5.08. The molecule has 1 saturated heterocycles. The number of hydrogen-bond donors (Lipinski definition) is 0. The van der Waals surface area contributed by atoms with Crippen molar-refractivity contribution in [2.75, 3.05) is 31.1 Å². The lowest BCUT2D eigenvalue weighted by Gasteiger charge is -2.33. The molecule has 1 amide bonds. The highest BCUT2D eigenvalue weighted by Gasteiger charge is 2.35. The summed E-state index contributed by atoms with van der Waals surface area (Å²) in [7, 11) is 0. The first-order valence-corrected chi connectivity index (χ1v) is 9.65. The predicted octanol–water partition coefficient (Wildman–Crippen LogP) is 4.21. The number of rotatable bonds is 1. The molecule has 0 saturated carbocycles. The third kappa shape index (κ3) is 4.87. The van der Waals surface area contributed by atoms with Crippen LogP contribution in [0.25, 0.3) is 0 Å². The summed E-state index contributed by atoms with van der Waals surface area (Å²) in [4.78, 5) is 20.9. The molecule has 27 heavy (non-hydrogen) atoms.